The Morgan fingerprint density at radius 3 is 2.04 bits per heavy atom. The minimum atomic E-state index is -3.42. The smallest absolute Gasteiger partial charge is 0.243 e. The molecule has 1 saturated heterocycles. The zero-order valence-electron chi connectivity index (χ0n) is 14.0. The van der Waals surface area contributed by atoms with Crippen LogP contribution in [0.4, 0.5) is 0 Å². The van der Waals surface area contributed by atoms with E-state index in [0.29, 0.717) is 29.0 Å². The molecule has 1 aliphatic carbocycles. The number of piperazine rings is 1. The van der Waals surface area contributed by atoms with Crippen LogP contribution in [0.3, 0.4) is 0 Å². The van der Waals surface area contributed by atoms with Gasteiger partial charge in [0.1, 0.15) is 0 Å². The number of hydrogen-bond donors (Lipinski definition) is 1. The Morgan fingerprint density at radius 2 is 1.48 bits per heavy atom. The molecule has 0 aromatic heterocycles. The van der Waals surface area contributed by atoms with E-state index in [4.69, 9.17) is 11.6 Å². The van der Waals surface area contributed by atoms with Crippen LogP contribution < -0.4 is 4.90 Å². The molecular weight excluding hydrogens is 356 g/mol. The summed E-state index contributed by atoms with van der Waals surface area (Å²) in [4.78, 5) is 1.85. The SMILES string of the molecule is O=S(=O)(c1ccc(Cl)cc1)N1CC[NH+](C2Cc3ccccc3C2)CC1. The number of benzene rings is 2. The Kier molecular flexibility index (Phi) is 4.58. The van der Waals surface area contributed by atoms with Crippen LogP contribution in [-0.4, -0.2) is 44.9 Å². The molecule has 0 amide bonds. The van der Waals surface area contributed by atoms with Gasteiger partial charge in [-0.25, -0.2) is 8.42 Å². The Labute approximate surface area is 154 Å². The molecule has 6 heteroatoms. The van der Waals surface area contributed by atoms with Gasteiger partial charge in [-0.2, -0.15) is 4.31 Å². The van der Waals surface area contributed by atoms with Gasteiger partial charge in [-0.1, -0.05) is 35.9 Å². The molecular formula is C19H22ClN2O2S+. The highest BCUT2D eigenvalue weighted by Gasteiger charge is 2.35. The maximum Gasteiger partial charge on any atom is 0.243 e. The molecule has 132 valence electrons. The first kappa shape index (κ1) is 17.0. The van der Waals surface area contributed by atoms with Gasteiger partial charge < -0.3 is 4.90 Å². The van der Waals surface area contributed by atoms with Crippen molar-refractivity contribution in [2.75, 3.05) is 26.2 Å². The first-order valence-corrected chi connectivity index (χ1v) is 10.5. The lowest BCUT2D eigenvalue weighted by Crippen LogP contribution is -3.18. The number of nitrogens with zero attached hydrogens (tertiary/aromatic N) is 1. The lowest BCUT2D eigenvalue weighted by Gasteiger charge is -2.34. The van der Waals surface area contributed by atoms with Crippen molar-refractivity contribution in [3.8, 4) is 0 Å². The molecule has 4 nitrogen and oxygen atoms in total. The zero-order chi connectivity index (χ0) is 17.4. The van der Waals surface area contributed by atoms with Gasteiger partial charge in [-0.15, -0.1) is 0 Å². The quantitative estimate of drug-likeness (QED) is 0.878. The predicted octanol–water partition coefficient (Wildman–Crippen LogP) is 1.40. The third-order valence-corrected chi connectivity index (χ3v) is 7.61. The molecule has 1 aliphatic heterocycles. The van der Waals surface area contributed by atoms with Crippen molar-refractivity contribution < 1.29 is 13.3 Å². The molecule has 0 radical (unpaired) electrons. The van der Waals surface area contributed by atoms with Crippen molar-refractivity contribution in [1.82, 2.24) is 4.31 Å². The number of fused-ring (bicyclic) bond motifs is 1. The van der Waals surface area contributed by atoms with Crippen molar-refractivity contribution in [2.24, 2.45) is 0 Å². The van der Waals surface area contributed by atoms with Gasteiger partial charge in [-0.3, -0.25) is 0 Å². The number of hydrogen-bond acceptors (Lipinski definition) is 2. The summed E-state index contributed by atoms with van der Waals surface area (Å²) < 4.78 is 27.2. The van der Waals surface area contributed by atoms with Crippen LogP contribution in [0.1, 0.15) is 11.1 Å². The van der Waals surface area contributed by atoms with Crippen molar-refractivity contribution in [2.45, 2.75) is 23.8 Å². The Morgan fingerprint density at radius 1 is 0.920 bits per heavy atom. The van der Waals surface area contributed by atoms with E-state index in [-0.39, 0.29) is 0 Å². The number of halogens is 1. The van der Waals surface area contributed by atoms with Gasteiger partial charge in [0.25, 0.3) is 0 Å². The van der Waals surface area contributed by atoms with Crippen molar-refractivity contribution >= 4 is 21.6 Å². The normalized spacial score (nSPS) is 19.9. The largest absolute Gasteiger partial charge is 0.330 e. The summed E-state index contributed by atoms with van der Waals surface area (Å²) in [6.45, 7) is 2.89. The van der Waals surface area contributed by atoms with Gasteiger partial charge in [-0.05, 0) is 35.4 Å². The summed E-state index contributed by atoms with van der Waals surface area (Å²) in [7, 11) is -3.42. The van der Waals surface area contributed by atoms with E-state index in [9.17, 15) is 8.42 Å². The van der Waals surface area contributed by atoms with E-state index >= 15 is 0 Å². The van der Waals surface area contributed by atoms with Crippen LogP contribution in [0.15, 0.2) is 53.4 Å². The highest BCUT2D eigenvalue weighted by atomic mass is 35.5. The van der Waals surface area contributed by atoms with Crippen LogP contribution in [-0.2, 0) is 22.9 Å². The molecule has 0 bridgehead atoms. The van der Waals surface area contributed by atoms with E-state index in [0.717, 1.165) is 25.9 Å². The van der Waals surface area contributed by atoms with Gasteiger partial charge in [0.2, 0.25) is 10.0 Å². The minimum absolute atomic E-state index is 0.327. The monoisotopic (exact) mass is 377 g/mol. The first-order chi connectivity index (χ1) is 12.0. The van der Waals surface area contributed by atoms with Crippen LogP contribution in [0.5, 0.6) is 0 Å². The molecule has 0 atom stereocenters. The van der Waals surface area contributed by atoms with Crippen molar-refractivity contribution in [3.63, 3.8) is 0 Å². The van der Waals surface area contributed by atoms with E-state index in [1.54, 1.807) is 28.6 Å². The molecule has 0 saturated carbocycles. The zero-order valence-corrected chi connectivity index (χ0v) is 15.6. The Bertz CT molecular complexity index is 834. The molecule has 25 heavy (non-hydrogen) atoms. The molecule has 1 heterocycles. The first-order valence-electron chi connectivity index (χ1n) is 8.71. The average Bonchev–Trinajstić information content (AvgIpc) is 3.06. The highest BCUT2D eigenvalue weighted by Crippen LogP contribution is 2.21. The van der Waals surface area contributed by atoms with E-state index < -0.39 is 10.0 Å². The summed E-state index contributed by atoms with van der Waals surface area (Å²) in [5, 5.41) is 0.550. The topological polar surface area (TPSA) is 41.8 Å². The van der Waals surface area contributed by atoms with Crippen molar-refractivity contribution in [1.29, 1.82) is 0 Å². The summed E-state index contributed by atoms with van der Waals surface area (Å²) in [6, 6.07) is 15.7. The lowest BCUT2D eigenvalue weighted by molar-refractivity contribution is -0.927. The van der Waals surface area contributed by atoms with Crippen LogP contribution >= 0.6 is 11.6 Å². The summed E-state index contributed by atoms with van der Waals surface area (Å²) in [6.07, 6.45) is 2.21. The molecule has 0 spiro atoms. The average molecular weight is 378 g/mol. The third-order valence-electron chi connectivity index (χ3n) is 5.44. The molecule has 0 unspecified atom stereocenters. The predicted molar refractivity (Wildman–Crippen MR) is 98.5 cm³/mol. The number of sulfonamides is 1. The number of nitrogens with one attached hydrogen (secondary N) is 1. The van der Waals surface area contributed by atoms with E-state index in [1.165, 1.54) is 16.0 Å². The number of quaternary nitrogens is 1. The molecule has 2 aromatic rings. The van der Waals surface area contributed by atoms with E-state index in [1.807, 2.05) is 0 Å². The molecule has 2 aliphatic rings. The maximum absolute atomic E-state index is 12.8. The summed E-state index contributed by atoms with van der Waals surface area (Å²) in [5.74, 6) is 0. The maximum atomic E-state index is 12.8. The summed E-state index contributed by atoms with van der Waals surface area (Å²) in [5.41, 5.74) is 2.91. The molecule has 4 rings (SSSR count). The third kappa shape index (κ3) is 3.34. The van der Waals surface area contributed by atoms with Gasteiger partial charge in [0.05, 0.1) is 37.1 Å². The van der Waals surface area contributed by atoms with Gasteiger partial charge in [0.15, 0.2) is 0 Å². The van der Waals surface area contributed by atoms with Gasteiger partial charge >= 0.3 is 0 Å². The second-order valence-corrected chi connectivity index (χ2v) is 9.26. The van der Waals surface area contributed by atoms with E-state index in [2.05, 4.69) is 24.3 Å². The molecule has 1 N–H and O–H groups in total. The molecule has 2 aromatic carbocycles. The Hall–Kier alpha value is -1.40. The Balaban J connectivity index is 1.41. The fraction of sp³-hybridized carbons (Fsp3) is 0.368. The van der Waals surface area contributed by atoms with Crippen LogP contribution in [0, 0.1) is 0 Å². The minimum Gasteiger partial charge on any atom is -0.330 e. The van der Waals surface area contributed by atoms with Crippen molar-refractivity contribution in [3.05, 3.63) is 64.7 Å². The number of rotatable bonds is 3. The van der Waals surface area contributed by atoms with Crippen LogP contribution in [0.2, 0.25) is 5.02 Å². The highest BCUT2D eigenvalue weighted by molar-refractivity contribution is 7.89. The fourth-order valence-corrected chi connectivity index (χ4v) is 5.59. The summed E-state index contributed by atoms with van der Waals surface area (Å²) >= 11 is 5.87. The molecule has 1 fully saturated rings. The van der Waals surface area contributed by atoms with Crippen LogP contribution in [0.25, 0.3) is 0 Å². The van der Waals surface area contributed by atoms with Gasteiger partial charge in [0, 0.05) is 17.9 Å². The second kappa shape index (κ2) is 6.72. The fourth-order valence-electron chi connectivity index (χ4n) is 4.03. The lowest BCUT2D eigenvalue weighted by atomic mass is 10.1. The second-order valence-electron chi connectivity index (χ2n) is 6.89. The standard InChI is InChI=1S/C19H21ClN2O2S/c20-17-5-7-19(8-6-17)25(23,24)22-11-9-21(10-12-22)18-13-15-3-1-2-4-16(15)14-18/h1-8,18H,9-14H2/p+1.